The highest BCUT2D eigenvalue weighted by Crippen LogP contribution is 2.28. The van der Waals surface area contributed by atoms with E-state index in [-0.39, 0.29) is 0 Å². The largest absolute Gasteiger partial charge is 0.193 e. The molecule has 0 heterocycles. The summed E-state index contributed by atoms with van der Waals surface area (Å²) in [5, 5.41) is 8.60. The first-order valence-corrected chi connectivity index (χ1v) is 9.07. The minimum Gasteiger partial charge on any atom is -0.193 e. The maximum atomic E-state index is 8.60. The Labute approximate surface area is 158 Å². The maximum absolute atomic E-state index is 8.60. The van der Waals surface area contributed by atoms with Gasteiger partial charge < -0.3 is 0 Å². The number of rotatable bonds is 3. The first-order chi connectivity index (χ1) is 12.5. The van der Waals surface area contributed by atoms with Crippen molar-refractivity contribution in [2.24, 2.45) is 5.92 Å². The van der Waals surface area contributed by atoms with Crippen molar-refractivity contribution in [3.8, 4) is 17.2 Å². The van der Waals surface area contributed by atoms with Gasteiger partial charge >= 0.3 is 0 Å². The first kappa shape index (κ1) is 19.5. The van der Waals surface area contributed by atoms with Crippen LogP contribution in [0.4, 0.5) is 0 Å². The first-order valence-electron chi connectivity index (χ1n) is 9.07. The molecule has 0 spiro atoms. The van der Waals surface area contributed by atoms with Crippen LogP contribution in [0.25, 0.3) is 17.2 Å². The molecule has 1 nitrogen and oxygen atoms in total. The topological polar surface area (TPSA) is 23.8 Å². The normalized spacial score (nSPS) is 15.7. The third-order valence-electron chi connectivity index (χ3n) is 4.74. The van der Waals surface area contributed by atoms with Crippen LogP contribution >= 0.6 is 0 Å². The van der Waals surface area contributed by atoms with Crippen LogP contribution in [-0.2, 0) is 0 Å². The lowest BCUT2D eigenvalue weighted by atomic mass is 9.85. The molecule has 26 heavy (non-hydrogen) atoms. The Morgan fingerprint density at radius 1 is 1.04 bits per heavy atom. The second kappa shape index (κ2) is 9.59. The Hall–Kier alpha value is -2.85. The SMILES string of the molecule is C=C(C#N)[C@@H]1CCC=C(C)C1.C=Cc1ccc(-c2ccc(C)cc2)cc1. The number of allylic oxidation sites excluding steroid dienone is 3. The van der Waals surface area contributed by atoms with Crippen molar-refractivity contribution in [3.63, 3.8) is 0 Å². The van der Waals surface area contributed by atoms with Crippen LogP contribution in [0, 0.1) is 24.2 Å². The van der Waals surface area contributed by atoms with E-state index in [0.717, 1.165) is 30.4 Å². The van der Waals surface area contributed by atoms with Crippen molar-refractivity contribution >= 4 is 6.08 Å². The molecule has 0 N–H and O–H groups in total. The molecular weight excluding hydrogens is 314 g/mol. The minimum atomic E-state index is 0.421. The molecule has 0 fully saturated rings. The second-order valence-corrected chi connectivity index (χ2v) is 6.86. The van der Waals surface area contributed by atoms with E-state index < -0.39 is 0 Å². The summed E-state index contributed by atoms with van der Waals surface area (Å²) in [6.45, 7) is 11.7. The number of aryl methyl sites for hydroxylation is 1. The lowest BCUT2D eigenvalue weighted by molar-refractivity contribution is 0.548. The summed E-state index contributed by atoms with van der Waals surface area (Å²) < 4.78 is 0. The van der Waals surface area contributed by atoms with Crippen LogP contribution in [0.3, 0.4) is 0 Å². The van der Waals surface area contributed by atoms with Gasteiger partial charge in [0, 0.05) is 5.57 Å². The van der Waals surface area contributed by atoms with Gasteiger partial charge in [-0.15, -0.1) is 0 Å². The summed E-state index contributed by atoms with van der Waals surface area (Å²) in [5.41, 5.74) is 7.11. The molecule has 0 saturated carbocycles. The van der Waals surface area contributed by atoms with Crippen LogP contribution in [0.1, 0.15) is 37.3 Å². The molecule has 0 saturated heterocycles. The standard InChI is InChI=1S/C15H14.C10H13N/c1-3-13-6-10-15(11-7-13)14-8-4-12(2)5-9-14;1-8-4-3-5-10(6-8)9(2)7-11/h3-11H,1H2,2H3;4,10H,2-3,5-6H2,1H3/t;10-/m.1/s1. The van der Waals surface area contributed by atoms with Gasteiger partial charge in [-0.25, -0.2) is 0 Å². The predicted molar refractivity (Wildman–Crippen MR) is 113 cm³/mol. The van der Waals surface area contributed by atoms with E-state index in [2.05, 4.69) is 87.7 Å². The molecule has 0 radical (unpaired) electrons. The van der Waals surface area contributed by atoms with Gasteiger partial charge in [-0.1, -0.05) is 85.0 Å². The number of nitriles is 1. The summed E-state index contributed by atoms with van der Waals surface area (Å²) in [6.07, 6.45) is 7.35. The Bertz CT molecular complexity index is 814. The van der Waals surface area contributed by atoms with Crippen LogP contribution in [-0.4, -0.2) is 0 Å². The number of hydrogen-bond donors (Lipinski definition) is 0. The summed E-state index contributed by atoms with van der Waals surface area (Å²) in [5.74, 6) is 0.421. The zero-order chi connectivity index (χ0) is 18.9. The van der Waals surface area contributed by atoms with Gasteiger partial charge in [0.15, 0.2) is 0 Å². The Morgan fingerprint density at radius 2 is 1.62 bits per heavy atom. The van der Waals surface area contributed by atoms with Crippen molar-refractivity contribution < 1.29 is 0 Å². The minimum absolute atomic E-state index is 0.421. The van der Waals surface area contributed by atoms with E-state index in [1.54, 1.807) is 0 Å². The van der Waals surface area contributed by atoms with E-state index in [1.807, 2.05) is 6.08 Å². The van der Waals surface area contributed by atoms with Crippen molar-refractivity contribution in [1.29, 1.82) is 5.26 Å². The lowest BCUT2D eigenvalue weighted by Gasteiger charge is -2.19. The van der Waals surface area contributed by atoms with Crippen molar-refractivity contribution in [1.82, 2.24) is 0 Å². The fourth-order valence-electron chi connectivity index (χ4n) is 3.05. The average Bonchev–Trinajstić information content (AvgIpc) is 2.68. The van der Waals surface area contributed by atoms with Gasteiger partial charge in [0.1, 0.15) is 0 Å². The maximum Gasteiger partial charge on any atom is 0.0943 e. The highest BCUT2D eigenvalue weighted by Gasteiger charge is 2.15. The Morgan fingerprint density at radius 3 is 2.12 bits per heavy atom. The van der Waals surface area contributed by atoms with E-state index in [0.29, 0.717) is 5.92 Å². The van der Waals surface area contributed by atoms with Gasteiger partial charge in [-0.2, -0.15) is 5.26 Å². The third-order valence-corrected chi connectivity index (χ3v) is 4.74. The molecule has 1 aliphatic rings. The van der Waals surface area contributed by atoms with Gasteiger partial charge in [0.2, 0.25) is 0 Å². The quantitative estimate of drug-likeness (QED) is 0.431. The van der Waals surface area contributed by atoms with E-state index in [9.17, 15) is 0 Å². The monoisotopic (exact) mass is 341 g/mol. The number of hydrogen-bond acceptors (Lipinski definition) is 1. The Balaban J connectivity index is 0.000000197. The molecule has 2 aromatic carbocycles. The molecule has 1 atom stereocenters. The van der Waals surface area contributed by atoms with Crippen LogP contribution in [0.15, 0.2) is 78.9 Å². The fraction of sp³-hybridized carbons (Fsp3) is 0.240. The second-order valence-electron chi connectivity index (χ2n) is 6.86. The van der Waals surface area contributed by atoms with Gasteiger partial charge in [-0.05, 0) is 55.7 Å². The van der Waals surface area contributed by atoms with Gasteiger partial charge in [-0.3, -0.25) is 0 Å². The molecule has 3 rings (SSSR count). The lowest BCUT2D eigenvalue weighted by Crippen LogP contribution is -2.06. The van der Waals surface area contributed by atoms with Crippen molar-refractivity contribution in [3.05, 3.63) is 90.0 Å². The average molecular weight is 341 g/mol. The molecule has 0 aliphatic heterocycles. The molecule has 132 valence electrons. The van der Waals surface area contributed by atoms with Gasteiger partial charge in [0.05, 0.1) is 6.07 Å². The highest BCUT2D eigenvalue weighted by atomic mass is 14.3. The molecule has 0 unspecified atom stereocenters. The zero-order valence-electron chi connectivity index (χ0n) is 15.8. The van der Waals surface area contributed by atoms with E-state index >= 15 is 0 Å². The zero-order valence-corrected chi connectivity index (χ0v) is 15.8. The van der Waals surface area contributed by atoms with Crippen LogP contribution in [0.5, 0.6) is 0 Å². The molecule has 1 aliphatic carbocycles. The summed E-state index contributed by atoms with van der Waals surface area (Å²) in [7, 11) is 0. The molecule has 0 bridgehead atoms. The smallest absolute Gasteiger partial charge is 0.0943 e. The highest BCUT2D eigenvalue weighted by molar-refractivity contribution is 5.65. The summed E-state index contributed by atoms with van der Waals surface area (Å²) >= 11 is 0. The number of nitrogens with zero attached hydrogens (tertiary/aromatic N) is 1. The molecular formula is C25H27N. The van der Waals surface area contributed by atoms with Gasteiger partial charge in [0.25, 0.3) is 0 Å². The predicted octanol–water partition coefficient (Wildman–Crippen LogP) is 7.12. The molecule has 0 aromatic heterocycles. The number of benzene rings is 2. The molecule has 0 amide bonds. The van der Waals surface area contributed by atoms with Crippen molar-refractivity contribution in [2.75, 3.05) is 0 Å². The fourth-order valence-corrected chi connectivity index (χ4v) is 3.05. The third kappa shape index (κ3) is 5.60. The van der Waals surface area contributed by atoms with E-state index in [1.165, 1.54) is 22.3 Å². The summed E-state index contributed by atoms with van der Waals surface area (Å²) in [4.78, 5) is 0. The van der Waals surface area contributed by atoms with Crippen molar-refractivity contribution in [2.45, 2.75) is 33.1 Å². The van der Waals surface area contributed by atoms with Crippen LogP contribution in [0.2, 0.25) is 0 Å². The summed E-state index contributed by atoms with van der Waals surface area (Å²) in [6, 6.07) is 19.1. The molecule has 2 aromatic rings. The Kier molecular flexibility index (Phi) is 7.18. The van der Waals surface area contributed by atoms with E-state index in [4.69, 9.17) is 5.26 Å². The van der Waals surface area contributed by atoms with Crippen LogP contribution < -0.4 is 0 Å². The molecule has 1 heteroatoms.